The number of fused-ring (bicyclic) bond motifs is 1. The summed E-state index contributed by atoms with van der Waals surface area (Å²) in [5.41, 5.74) is 0. The number of amides is 4. The zero-order valence-corrected chi connectivity index (χ0v) is 17.2. The average molecular weight is 405 g/mol. The van der Waals surface area contributed by atoms with Gasteiger partial charge in [-0.15, -0.1) is 0 Å². The van der Waals surface area contributed by atoms with Gasteiger partial charge in [-0.3, -0.25) is 9.59 Å². The lowest BCUT2D eigenvalue weighted by molar-refractivity contribution is -0.407. The summed E-state index contributed by atoms with van der Waals surface area (Å²) < 4.78 is 1.43. The predicted molar refractivity (Wildman–Crippen MR) is 108 cm³/mol. The summed E-state index contributed by atoms with van der Waals surface area (Å²) in [7, 11) is 3.11. The Kier molecular flexibility index (Phi) is 5.35. The molecular weight excluding hydrogens is 378 g/mol. The molecule has 0 radical (unpaired) electrons. The number of nitrogens with zero attached hydrogens (tertiary/aromatic N) is 5. The van der Waals surface area contributed by atoms with Crippen molar-refractivity contribution in [3.8, 4) is 0 Å². The number of rotatable bonds is 3. The predicted octanol–water partition coefficient (Wildman–Crippen LogP) is 1.59. The van der Waals surface area contributed by atoms with Crippen LogP contribution in [0.4, 0.5) is 4.79 Å². The first-order valence-corrected chi connectivity index (χ1v) is 11.0. The Bertz CT molecular complexity index is 806. The van der Waals surface area contributed by atoms with Gasteiger partial charge in [-0.1, -0.05) is 29.6 Å². The maximum absolute atomic E-state index is 12.8. The van der Waals surface area contributed by atoms with Gasteiger partial charge < -0.3 is 4.90 Å². The van der Waals surface area contributed by atoms with E-state index in [9.17, 15) is 14.4 Å². The number of hydrogen-bond donors (Lipinski definition) is 0. The molecule has 0 N–H and O–H groups in total. The first-order valence-electron chi connectivity index (χ1n) is 9.97. The van der Waals surface area contributed by atoms with E-state index in [0.29, 0.717) is 22.6 Å². The fourth-order valence-corrected chi connectivity index (χ4v) is 4.76. The van der Waals surface area contributed by atoms with Crippen molar-refractivity contribution in [3.63, 3.8) is 0 Å². The van der Waals surface area contributed by atoms with Crippen molar-refractivity contribution in [2.24, 2.45) is 21.8 Å². The third-order valence-electron chi connectivity index (χ3n) is 5.70. The lowest BCUT2D eigenvalue weighted by Gasteiger charge is -2.27. The molecule has 3 aliphatic heterocycles. The third-order valence-corrected chi connectivity index (χ3v) is 6.71. The van der Waals surface area contributed by atoms with E-state index in [-0.39, 0.29) is 23.6 Å². The topological polar surface area (TPSA) is 85.4 Å². The molecule has 4 rings (SSSR count). The van der Waals surface area contributed by atoms with Gasteiger partial charge in [-0.25, -0.2) is 9.79 Å². The number of amidine groups is 2. The highest BCUT2D eigenvalue weighted by Crippen LogP contribution is 2.35. The van der Waals surface area contributed by atoms with Crippen LogP contribution in [-0.2, 0) is 9.59 Å². The molecule has 0 aromatic heterocycles. The van der Waals surface area contributed by atoms with E-state index < -0.39 is 5.92 Å². The number of carbonyl (C=O) groups is 3. The standard InChI is InChI=1S/C19H26N5O3S/c1-22-16-14(18(26)23(2)19(22)27)17(21-15(20-16)12-7-8-12)28-11-13(25)24-9-5-3-4-6-10-24/h12,14H,3-11H2,1-2H3/q+1. The molecule has 4 amide bonds. The lowest BCUT2D eigenvalue weighted by Crippen LogP contribution is -2.54. The van der Waals surface area contributed by atoms with Gasteiger partial charge in [0, 0.05) is 19.0 Å². The van der Waals surface area contributed by atoms with Crippen LogP contribution in [0.1, 0.15) is 38.5 Å². The summed E-state index contributed by atoms with van der Waals surface area (Å²) in [4.78, 5) is 50.1. The molecule has 0 aromatic rings. The zero-order valence-electron chi connectivity index (χ0n) is 16.4. The minimum absolute atomic E-state index is 0.0904. The van der Waals surface area contributed by atoms with Crippen molar-refractivity contribution in [3.05, 3.63) is 0 Å². The van der Waals surface area contributed by atoms with E-state index in [1.165, 1.54) is 36.2 Å². The number of urea groups is 1. The summed E-state index contributed by atoms with van der Waals surface area (Å²) >= 11 is 1.32. The molecule has 1 saturated carbocycles. The zero-order chi connectivity index (χ0) is 19.8. The van der Waals surface area contributed by atoms with Gasteiger partial charge in [0.25, 0.3) is 5.84 Å². The van der Waals surface area contributed by atoms with Gasteiger partial charge in [0.2, 0.25) is 11.7 Å². The molecular formula is C19H26N5O3S+. The molecule has 4 aliphatic rings. The second-order valence-corrected chi connectivity index (χ2v) is 8.80. The molecule has 28 heavy (non-hydrogen) atoms. The van der Waals surface area contributed by atoms with Gasteiger partial charge in [0.15, 0.2) is 5.92 Å². The molecule has 0 aromatic carbocycles. The molecule has 8 nitrogen and oxygen atoms in total. The normalized spacial score (nSPS) is 26.0. The molecule has 2 fully saturated rings. The first-order chi connectivity index (χ1) is 13.5. The van der Waals surface area contributed by atoms with Gasteiger partial charge in [0.05, 0.1) is 19.8 Å². The Morgan fingerprint density at radius 3 is 2.46 bits per heavy atom. The fourth-order valence-electron chi connectivity index (χ4n) is 3.78. The lowest BCUT2D eigenvalue weighted by atomic mass is 10.0. The number of likely N-dealkylation sites (tertiary alicyclic amines) is 1. The van der Waals surface area contributed by atoms with Gasteiger partial charge in [-0.2, -0.15) is 9.48 Å². The smallest absolute Gasteiger partial charge is 0.342 e. The number of imide groups is 1. The Hall–Kier alpha value is -2.03. The van der Waals surface area contributed by atoms with Crippen LogP contribution in [0.5, 0.6) is 0 Å². The van der Waals surface area contributed by atoms with Crippen LogP contribution in [0.3, 0.4) is 0 Å². The highest BCUT2D eigenvalue weighted by molar-refractivity contribution is 8.14. The molecule has 1 unspecified atom stereocenters. The molecule has 9 heteroatoms. The van der Waals surface area contributed by atoms with Crippen LogP contribution in [0, 0.1) is 11.8 Å². The van der Waals surface area contributed by atoms with Crippen LogP contribution in [0.2, 0.25) is 0 Å². The maximum atomic E-state index is 12.8. The van der Waals surface area contributed by atoms with E-state index >= 15 is 0 Å². The SMILES string of the molecule is CN1C(=O)C2C(SCC(=O)N3CCCCCC3)=NC(C3CC3)=NC2=[N+](C)C1=O. The molecule has 3 heterocycles. The van der Waals surface area contributed by atoms with Crippen molar-refractivity contribution >= 4 is 46.3 Å². The summed E-state index contributed by atoms with van der Waals surface area (Å²) in [5.74, 6) is 0.746. The maximum Gasteiger partial charge on any atom is 0.445 e. The van der Waals surface area contributed by atoms with E-state index in [1.54, 1.807) is 7.05 Å². The first kappa shape index (κ1) is 19.3. The Morgan fingerprint density at radius 2 is 1.82 bits per heavy atom. The third kappa shape index (κ3) is 3.64. The second-order valence-electron chi connectivity index (χ2n) is 7.81. The van der Waals surface area contributed by atoms with Crippen molar-refractivity contribution in [2.45, 2.75) is 38.5 Å². The quantitative estimate of drug-likeness (QED) is 0.669. The average Bonchev–Trinajstić information content (AvgIpc) is 3.55. The van der Waals surface area contributed by atoms with Crippen molar-refractivity contribution in [1.29, 1.82) is 0 Å². The number of thioether (sulfide) groups is 1. The molecule has 0 spiro atoms. The number of hydrogen-bond acceptors (Lipinski definition) is 6. The van der Waals surface area contributed by atoms with Gasteiger partial charge in [0.1, 0.15) is 5.04 Å². The molecule has 1 saturated heterocycles. The Morgan fingerprint density at radius 1 is 1.14 bits per heavy atom. The molecule has 1 atom stereocenters. The minimum Gasteiger partial charge on any atom is -0.342 e. The number of aliphatic imine (C=N–C) groups is 2. The minimum atomic E-state index is -0.697. The Balaban J connectivity index is 1.56. The van der Waals surface area contributed by atoms with Crippen LogP contribution < -0.4 is 0 Å². The van der Waals surface area contributed by atoms with E-state index in [4.69, 9.17) is 0 Å². The number of carbonyl (C=O) groups excluding carboxylic acids is 3. The van der Waals surface area contributed by atoms with Crippen LogP contribution in [0.25, 0.3) is 0 Å². The molecule has 1 aliphatic carbocycles. The van der Waals surface area contributed by atoms with Gasteiger partial charge >= 0.3 is 11.9 Å². The van der Waals surface area contributed by atoms with Crippen molar-refractivity contribution in [2.75, 3.05) is 32.9 Å². The summed E-state index contributed by atoms with van der Waals surface area (Å²) in [5, 5.41) is 0.589. The van der Waals surface area contributed by atoms with Gasteiger partial charge in [-0.05, 0) is 25.7 Å². The molecule has 150 valence electrons. The van der Waals surface area contributed by atoms with Crippen LogP contribution in [-0.4, -0.2) is 81.9 Å². The van der Waals surface area contributed by atoms with E-state index in [2.05, 4.69) is 9.98 Å². The summed E-state index contributed by atoms with van der Waals surface area (Å²) in [6, 6.07) is -0.387. The summed E-state index contributed by atoms with van der Waals surface area (Å²) in [6.45, 7) is 1.61. The highest BCUT2D eigenvalue weighted by atomic mass is 32.2. The van der Waals surface area contributed by atoms with Crippen LogP contribution >= 0.6 is 11.8 Å². The fraction of sp³-hybridized carbons (Fsp3) is 0.684. The van der Waals surface area contributed by atoms with E-state index in [0.717, 1.165) is 43.7 Å². The highest BCUT2D eigenvalue weighted by Gasteiger charge is 2.50. The Labute approximate surface area is 168 Å². The summed E-state index contributed by atoms with van der Waals surface area (Å²) in [6.07, 6.45) is 6.49. The van der Waals surface area contributed by atoms with Crippen molar-refractivity contribution in [1.82, 2.24) is 9.80 Å². The van der Waals surface area contributed by atoms with E-state index in [1.807, 2.05) is 4.90 Å². The monoisotopic (exact) mass is 404 g/mol. The van der Waals surface area contributed by atoms with Crippen LogP contribution in [0.15, 0.2) is 9.98 Å². The molecule has 0 bridgehead atoms. The van der Waals surface area contributed by atoms with Crippen molar-refractivity contribution < 1.29 is 19.0 Å². The second kappa shape index (κ2) is 7.77. The largest absolute Gasteiger partial charge is 0.445 e.